The van der Waals surface area contributed by atoms with Gasteiger partial charge in [-0.05, 0) is 29.7 Å². The van der Waals surface area contributed by atoms with Gasteiger partial charge >= 0.3 is 0 Å². The van der Waals surface area contributed by atoms with Gasteiger partial charge in [0, 0.05) is 31.0 Å². The van der Waals surface area contributed by atoms with Crippen LogP contribution >= 0.6 is 0 Å². The molecule has 0 fully saturated rings. The summed E-state index contributed by atoms with van der Waals surface area (Å²) in [6.45, 7) is 5.78. The average molecular weight is 256 g/mol. The van der Waals surface area contributed by atoms with Gasteiger partial charge in [-0.1, -0.05) is 32.0 Å². The van der Waals surface area contributed by atoms with E-state index in [1.807, 2.05) is 12.3 Å². The molecule has 1 N–H and O–H groups in total. The Balaban J connectivity index is 1.94. The molecule has 100 valence electrons. The molecule has 0 radical (unpaired) electrons. The molecule has 1 aromatic heterocycles. The lowest BCUT2D eigenvalue weighted by atomic mass is 10.0. The molecule has 0 unspecified atom stereocenters. The lowest BCUT2D eigenvalue weighted by Crippen LogP contribution is -2.22. The van der Waals surface area contributed by atoms with Crippen molar-refractivity contribution < 1.29 is 0 Å². The second-order valence-corrected chi connectivity index (χ2v) is 4.94. The lowest BCUT2D eigenvalue weighted by Gasteiger charge is -2.11. The first-order valence-electron chi connectivity index (χ1n) is 6.66. The SMILES string of the molecule is CC(C)c1cccc(NCCn2ccccc2=O)c1. The van der Waals surface area contributed by atoms with Gasteiger partial charge in [0.2, 0.25) is 0 Å². The maximum absolute atomic E-state index is 11.5. The van der Waals surface area contributed by atoms with Crippen molar-refractivity contribution in [2.75, 3.05) is 11.9 Å². The summed E-state index contributed by atoms with van der Waals surface area (Å²) >= 11 is 0. The number of benzene rings is 1. The van der Waals surface area contributed by atoms with Crippen molar-refractivity contribution in [1.82, 2.24) is 4.57 Å². The van der Waals surface area contributed by atoms with E-state index in [9.17, 15) is 4.79 Å². The minimum Gasteiger partial charge on any atom is -0.383 e. The Morgan fingerprint density at radius 3 is 2.74 bits per heavy atom. The molecule has 0 aliphatic rings. The molecule has 0 aliphatic heterocycles. The Labute approximate surface area is 113 Å². The van der Waals surface area contributed by atoms with E-state index < -0.39 is 0 Å². The number of hydrogen-bond donors (Lipinski definition) is 1. The second kappa shape index (κ2) is 6.23. The molecule has 3 nitrogen and oxygen atoms in total. The maximum atomic E-state index is 11.5. The Hall–Kier alpha value is -2.03. The predicted molar refractivity (Wildman–Crippen MR) is 79.7 cm³/mol. The fourth-order valence-corrected chi connectivity index (χ4v) is 1.97. The van der Waals surface area contributed by atoms with Crippen LogP contribution in [0.15, 0.2) is 53.5 Å². The first-order chi connectivity index (χ1) is 9.16. The van der Waals surface area contributed by atoms with E-state index in [4.69, 9.17) is 0 Å². The zero-order valence-corrected chi connectivity index (χ0v) is 11.5. The molecule has 1 heterocycles. The Morgan fingerprint density at radius 2 is 2.00 bits per heavy atom. The van der Waals surface area contributed by atoms with Gasteiger partial charge in [-0.15, -0.1) is 0 Å². The van der Waals surface area contributed by atoms with Crippen molar-refractivity contribution in [3.63, 3.8) is 0 Å². The number of nitrogens with zero attached hydrogens (tertiary/aromatic N) is 1. The highest BCUT2D eigenvalue weighted by Crippen LogP contribution is 2.18. The minimum atomic E-state index is 0.0419. The third kappa shape index (κ3) is 3.71. The standard InChI is InChI=1S/C16H20N2O/c1-13(2)14-6-5-7-15(12-14)17-9-11-18-10-4-3-8-16(18)19/h3-8,10,12-13,17H,9,11H2,1-2H3. The van der Waals surface area contributed by atoms with Crippen LogP contribution in [0.4, 0.5) is 5.69 Å². The molecule has 1 aromatic carbocycles. The molecule has 0 aliphatic carbocycles. The van der Waals surface area contributed by atoms with Gasteiger partial charge < -0.3 is 9.88 Å². The van der Waals surface area contributed by atoms with Crippen molar-refractivity contribution in [2.45, 2.75) is 26.3 Å². The van der Waals surface area contributed by atoms with E-state index >= 15 is 0 Å². The summed E-state index contributed by atoms with van der Waals surface area (Å²) in [5.41, 5.74) is 2.47. The summed E-state index contributed by atoms with van der Waals surface area (Å²) in [6, 6.07) is 13.6. The van der Waals surface area contributed by atoms with Crippen molar-refractivity contribution in [1.29, 1.82) is 0 Å². The number of rotatable bonds is 5. The molecule has 0 spiro atoms. The highest BCUT2D eigenvalue weighted by atomic mass is 16.1. The highest BCUT2D eigenvalue weighted by Gasteiger charge is 2.00. The fraction of sp³-hybridized carbons (Fsp3) is 0.312. The smallest absolute Gasteiger partial charge is 0.250 e. The number of anilines is 1. The largest absolute Gasteiger partial charge is 0.383 e. The van der Waals surface area contributed by atoms with E-state index in [-0.39, 0.29) is 5.56 Å². The predicted octanol–water partition coefficient (Wildman–Crippen LogP) is 3.08. The van der Waals surface area contributed by atoms with Crippen LogP contribution in [0.1, 0.15) is 25.3 Å². The summed E-state index contributed by atoms with van der Waals surface area (Å²) in [5, 5.41) is 3.36. The van der Waals surface area contributed by atoms with E-state index in [1.165, 1.54) is 5.56 Å². The van der Waals surface area contributed by atoms with Crippen molar-refractivity contribution >= 4 is 5.69 Å². The summed E-state index contributed by atoms with van der Waals surface area (Å²) in [4.78, 5) is 11.5. The summed E-state index contributed by atoms with van der Waals surface area (Å²) in [7, 11) is 0. The summed E-state index contributed by atoms with van der Waals surface area (Å²) in [5.74, 6) is 0.526. The van der Waals surface area contributed by atoms with E-state index in [0.29, 0.717) is 12.5 Å². The first-order valence-corrected chi connectivity index (χ1v) is 6.66. The Morgan fingerprint density at radius 1 is 1.16 bits per heavy atom. The van der Waals surface area contributed by atoms with Gasteiger partial charge in [0.25, 0.3) is 5.56 Å². The van der Waals surface area contributed by atoms with E-state index in [0.717, 1.165) is 12.2 Å². The van der Waals surface area contributed by atoms with Crippen LogP contribution in [0, 0.1) is 0 Å². The summed E-state index contributed by atoms with van der Waals surface area (Å²) in [6.07, 6.45) is 1.81. The topological polar surface area (TPSA) is 34.0 Å². The zero-order valence-electron chi connectivity index (χ0n) is 11.5. The van der Waals surface area contributed by atoms with Gasteiger partial charge in [0.1, 0.15) is 0 Å². The van der Waals surface area contributed by atoms with Gasteiger partial charge in [0.05, 0.1) is 0 Å². The average Bonchev–Trinajstić information content (AvgIpc) is 2.41. The van der Waals surface area contributed by atoms with Crippen LogP contribution in [0.3, 0.4) is 0 Å². The first kappa shape index (κ1) is 13.4. The number of aromatic nitrogens is 1. The Kier molecular flexibility index (Phi) is 4.39. The molecule has 2 rings (SSSR count). The molecule has 3 heteroatoms. The van der Waals surface area contributed by atoms with Crippen molar-refractivity contribution in [3.8, 4) is 0 Å². The van der Waals surface area contributed by atoms with Crippen LogP contribution in [0.2, 0.25) is 0 Å². The van der Waals surface area contributed by atoms with Gasteiger partial charge in [-0.25, -0.2) is 0 Å². The second-order valence-electron chi connectivity index (χ2n) is 4.94. The molecule has 0 bridgehead atoms. The number of pyridine rings is 1. The third-order valence-electron chi connectivity index (χ3n) is 3.13. The molecule has 2 aromatic rings. The van der Waals surface area contributed by atoms with Crippen LogP contribution in [0.5, 0.6) is 0 Å². The lowest BCUT2D eigenvalue weighted by molar-refractivity contribution is 0.697. The number of nitrogens with one attached hydrogen (secondary N) is 1. The van der Waals surface area contributed by atoms with E-state index in [1.54, 1.807) is 16.7 Å². The number of hydrogen-bond acceptors (Lipinski definition) is 2. The summed E-state index contributed by atoms with van der Waals surface area (Å²) < 4.78 is 1.71. The van der Waals surface area contributed by atoms with Crippen molar-refractivity contribution in [2.24, 2.45) is 0 Å². The van der Waals surface area contributed by atoms with Crippen LogP contribution < -0.4 is 10.9 Å². The molecular weight excluding hydrogens is 236 g/mol. The van der Waals surface area contributed by atoms with Crippen LogP contribution in [-0.2, 0) is 6.54 Å². The quantitative estimate of drug-likeness (QED) is 0.892. The molecular formula is C16H20N2O. The third-order valence-corrected chi connectivity index (χ3v) is 3.13. The molecule has 0 saturated carbocycles. The van der Waals surface area contributed by atoms with Crippen molar-refractivity contribution in [3.05, 3.63) is 64.6 Å². The van der Waals surface area contributed by atoms with Gasteiger partial charge in [-0.3, -0.25) is 4.79 Å². The van der Waals surface area contributed by atoms with Gasteiger partial charge in [0.15, 0.2) is 0 Å². The van der Waals surface area contributed by atoms with E-state index in [2.05, 4.69) is 43.4 Å². The zero-order chi connectivity index (χ0) is 13.7. The minimum absolute atomic E-state index is 0.0419. The van der Waals surface area contributed by atoms with Crippen LogP contribution in [0.25, 0.3) is 0 Å². The molecule has 0 atom stereocenters. The molecule has 0 amide bonds. The molecule has 19 heavy (non-hydrogen) atoms. The fourth-order valence-electron chi connectivity index (χ4n) is 1.97. The van der Waals surface area contributed by atoms with Crippen LogP contribution in [-0.4, -0.2) is 11.1 Å². The Bertz CT molecular complexity index is 587. The monoisotopic (exact) mass is 256 g/mol. The van der Waals surface area contributed by atoms with Gasteiger partial charge in [-0.2, -0.15) is 0 Å². The molecule has 0 saturated heterocycles. The maximum Gasteiger partial charge on any atom is 0.250 e. The highest BCUT2D eigenvalue weighted by molar-refractivity contribution is 5.46. The normalized spacial score (nSPS) is 10.7.